The van der Waals surface area contributed by atoms with E-state index in [9.17, 15) is 0 Å². The molecule has 0 unspecified atom stereocenters. The van der Waals surface area contributed by atoms with Crippen molar-refractivity contribution in [3.63, 3.8) is 0 Å². The van der Waals surface area contributed by atoms with Crippen molar-refractivity contribution >= 4 is 94.9 Å². The zero-order valence-electron chi connectivity index (χ0n) is 4.02. The van der Waals surface area contributed by atoms with E-state index in [4.69, 9.17) is 5.73 Å². The maximum absolute atomic E-state index is 5.10. The average Bonchev–Trinajstić information content (AvgIpc) is 1.61. The summed E-state index contributed by atoms with van der Waals surface area (Å²) in [7, 11) is 0. The van der Waals surface area contributed by atoms with Crippen molar-refractivity contribution in [1.29, 1.82) is 0 Å². The summed E-state index contributed by atoms with van der Waals surface area (Å²) < 4.78 is 0. The minimum absolute atomic E-state index is 0. The van der Waals surface area contributed by atoms with Crippen LogP contribution in [0.25, 0.3) is 0 Å². The molecule has 0 radical (unpaired) electrons. The fraction of sp³-hybridized carbons (Fsp3) is 0.750. The molecular formula is C4H13N2Na3. The molecule has 0 amide bonds. The van der Waals surface area contributed by atoms with Crippen LogP contribution < -0.4 is 5.73 Å². The van der Waals surface area contributed by atoms with Crippen LogP contribution in [0.2, 0.25) is 0 Å². The second kappa shape index (κ2) is 22.4. The van der Waals surface area contributed by atoms with Gasteiger partial charge in [-0.25, -0.2) is 0 Å². The zero-order chi connectivity index (χ0) is 4.83. The first-order chi connectivity index (χ1) is 2.91. The van der Waals surface area contributed by atoms with Crippen LogP contribution in [0.5, 0.6) is 0 Å². The molecule has 0 spiro atoms. The molecule has 42 valence electrons. The number of hydrogen-bond acceptors (Lipinski definition) is 2. The summed E-state index contributed by atoms with van der Waals surface area (Å²) in [5.41, 5.74) is 5.10. The van der Waals surface area contributed by atoms with Gasteiger partial charge in [0.15, 0.2) is 0 Å². The Bertz CT molecular complexity index is 49.1. The van der Waals surface area contributed by atoms with E-state index in [1.165, 1.54) is 0 Å². The Morgan fingerprint density at radius 1 is 1.33 bits per heavy atom. The quantitative estimate of drug-likeness (QED) is 0.369. The van der Waals surface area contributed by atoms with E-state index < -0.39 is 0 Å². The first kappa shape index (κ1) is 22.6. The molecule has 0 bridgehead atoms. The first-order valence-corrected chi connectivity index (χ1v) is 2.06. The predicted molar refractivity (Wildman–Crippen MR) is 49.5 cm³/mol. The van der Waals surface area contributed by atoms with E-state index in [0.29, 0.717) is 6.54 Å². The van der Waals surface area contributed by atoms with E-state index in [2.05, 4.69) is 4.99 Å². The van der Waals surface area contributed by atoms with E-state index >= 15 is 0 Å². The van der Waals surface area contributed by atoms with Gasteiger partial charge in [0.05, 0.1) is 6.54 Å². The van der Waals surface area contributed by atoms with Gasteiger partial charge in [-0.1, -0.05) is 0 Å². The van der Waals surface area contributed by atoms with Crippen molar-refractivity contribution in [2.24, 2.45) is 10.7 Å². The van der Waals surface area contributed by atoms with Gasteiger partial charge in [-0.05, 0) is 13.1 Å². The summed E-state index contributed by atoms with van der Waals surface area (Å²) in [4.78, 5) is 3.84. The summed E-state index contributed by atoms with van der Waals surface area (Å²) in [5.74, 6) is 0. The molecule has 2 N–H and O–H groups in total. The molecule has 0 aromatic heterocycles. The van der Waals surface area contributed by atoms with Gasteiger partial charge in [0.1, 0.15) is 0 Å². The van der Waals surface area contributed by atoms with E-state index in [1.54, 1.807) is 6.21 Å². The van der Waals surface area contributed by atoms with Crippen molar-refractivity contribution in [2.75, 3.05) is 13.1 Å². The number of rotatable bonds is 2. The standard InChI is InChI=1S/C4H10N2.3Na.3H/c1-2-6-4-3-5;;;;;;/h2H,3-5H2,1H3;;;;;;. The van der Waals surface area contributed by atoms with Crippen LogP contribution in [0, 0.1) is 0 Å². The SMILES string of the molecule is CC=NCCN.[NaH].[NaH].[NaH]. The van der Waals surface area contributed by atoms with Crippen LogP contribution in [0.4, 0.5) is 0 Å². The van der Waals surface area contributed by atoms with Crippen LogP contribution in [0.3, 0.4) is 0 Å². The number of nitrogens with two attached hydrogens (primary N) is 1. The van der Waals surface area contributed by atoms with Gasteiger partial charge in [-0.2, -0.15) is 0 Å². The third kappa shape index (κ3) is 25.0. The molecule has 0 aromatic carbocycles. The Balaban J connectivity index is -0.0000000417. The van der Waals surface area contributed by atoms with Crippen molar-refractivity contribution in [1.82, 2.24) is 0 Å². The molecule has 0 atom stereocenters. The zero-order valence-corrected chi connectivity index (χ0v) is 4.02. The molecule has 0 saturated carbocycles. The third-order valence-electron chi connectivity index (χ3n) is 0.441. The number of nitrogens with zero attached hydrogens (tertiary/aromatic N) is 1. The first-order valence-electron chi connectivity index (χ1n) is 2.06. The molecule has 0 aliphatic carbocycles. The normalized spacial score (nSPS) is 6.89. The molecule has 5 heteroatoms. The van der Waals surface area contributed by atoms with Crippen molar-refractivity contribution < 1.29 is 0 Å². The van der Waals surface area contributed by atoms with Crippen LogP contribution in [0.15, 0.2) is 4.99 Å². The van der Waals surface area contributed by atoms with Gasteiger partial charge in [0, 0.05) is 6.54 Å². The summed E-state index contributed by atoms with van der Waals surface area (Å²) >= 11 is 0. The average molecular weight is 158 g/mol. The topological polar surface area (TPSA) is 38.4 Å². The van der Waals surface area contributed by atoms with Crippen molar-refractivity contribution in [3.05, 3.63) is 0 Å². The van der Waals surface area contributed by atoms with E-state index in [0.717, 1.165) is 6.54 Å². The number of aliphatic imine (C=N–C) groups is 1. The Kier molecular flexibility index (Phi) is 56.2. The molecule has 0 aliphatic rings. The Morgan fingerprint density at radius 2 is 1.78 bits per heavy atom. The van der Waals surface area contributed by atoms with Gasteiger partial charge < -0.3 is 5.73 Å². The fourth-order valence-corrected chi connectivity index (χ4v) is 0.204. The second-order valence-electron chi connectivity index (χ2n) is 0.953. The van der Waals surface area contributed by atoms with Gasteiger partial charge in [-0.3, -0.25) is 4.99 Å². The Morgan fingerprint density at radius 3 is 1.89 bits per heavy atom. The Hall–Kier alpha value is 2.63. The van der Waals surface area contributed by atoms with Crippen LogP contribution in [0.1, 0.15) is 6.92 Å². The summed E-state index contributed by atoms with van der Waals surface area (Å²) in [6, 6.07) is 0. The molecule has 0 aliphatic heterocycles. The fourth-order valence-electron chi connectivity index (χ4n) is 0.204. The second-order valence-corrected chi connectivity index (χ2v) is 0.953. The van der Waals surface area contributed by atoms with Crippen molar-refractivity contribution in [2.45, 2.75) is 6.92 Å². The minimum atomic E-state index is 0. The van der Waals surface area contributed by atoms with Gasteiger partial charge in [0.25, 0.3) is 0 Å². The summed E-state index contributed by atoms with van der Waals surface area (Å²) in [6.07, 6.45) is 1.76. The molecule has 0 rings (SSSR count). The molecule has 0 heterocycles. The van der Waals surface area contributed by atoms with Crippen LogP contribution in [-0.4, -0.2) is 108 Å². The molecule has 9 heavy (non-hydrogen) atoms. The maximum atomic E-state index is 5.10. The van der Waals surface area contributed by atoms with Crippen LogP contribution in [-0.2, 0) is 0 Å². The number of hydrogen-bond donors (Lipinski definition) is 1. The molecule has 0 fully saturated rings. The molecule has 0 aromatic rings. The van der Waals surface area contributed by atoms with E-state index in [-0.39, 0.29) is 88.7 Å². The summed E-state index contributed by atoms with van der Waals surface area (Å²) in [5, 5.41) is 0. The van der Waals surface area contributed by atoms with Crippen LogP contribution >= 0.6 is 0 Å². The third-order valence-corrected chi connectivity index (χ3v) is 0.441. The van der Waals surface area contributed by atoms with E-state index in [1.807, 2.05) is 6.92 Å². The molecular weight excluding hydrogens is 145 g/mol. The predicted octanol–water partition coefficient (Wildman–Crippen LogP) is -1.91. The monoisotopic (exact) mass is 158 g/mol. The molecule has 0 saturated heterocycles. The van der Waals surface area contributed by atoms with Gasteiger partial charge >= 0.3 is 88.7 Å². The van der Waals surface area contributed by atoms with Gasteiger partial charge in [0.2, 0.25) is 0 Å². The Labute approximate surface area is 123 Å². The summed E-state index contributed by atoms with van der Waals surface area (Å²) in [6.45, 7) is 3.30. The molecule has 2 nitrogen and oxygen atoms in total. The van der Waals surface area contributed by atoms with Crippen molar-refractivity contribution in [3.8, 4) is 0 Å². The van der Waals surface area contributed by atoms with Gasteiger partial charge in [-0.15, -0.1) is 0 Å².